The van der Waals surface area contributed by atoms with Crippen LogP contribution in [0, 0.1) is 0 Å². The fourth-order valence-electron chi connectivity index (χ4n) is 4.53. The molecule has 3 aromatic rings. The zero-order chi connectivity index (χ0) is 25.0. The van der Waals surface area contributed by atoms with Crippen molar-refractivity contribution in [3.63, 3.8) is 0 Å². The molecule has 0 bridgehead atoms. The van der Waals surface area contributed by atoms with Crippen molar-refractivity contribution in [2.24, 2.45) is 0 Å². The first-order valence-electron chi connectivity index (χ1n) is 12.4. The first-order valence-corrected chi connectivity index (χ1v) is 12.4. The highest BCUT2D eigenvalue weighted by Crippen LogP contribution is 2.29. The van der Waals surface area contributed by atoms with Crippen molar-refractivity contribution in [2.75, 3.05) is 49.7 Å². The van der Waals surface area contributed by atoms with Crippen LogP contribution < -0.4 is 16.0 Å². The topological polar surface area (TPSA) is 129 Å². The van der Waals surface area contributed by atoms with Crippen molar-refractivity contribution in [1.82, 2.24) is 29.8 Å². The number of aliphatic hydroxyl groups is 1. The van der Waals surface area contributed by atoms with Crippen molar-refractivity contribution in [3.05, 3.63) is 24.7 Å². The molecule has 188 valence electrons. The molecule has 4 rings (SSSR count). The SMILES string of the molecule is CCCC[C@](C)(CO)Nc1nc(N)nc2cc(-c3cnc(N4CCC(N(C)C)CC4)nc3)ncc12. The van der Waals surface area contributed by atoms with E-state index >= 15 is 0 Å². The Labute approximate surface area is 207 Å². The van der Waals surface area contributed by atoms with Crippen LogP contribution in [0.1, 0.15) is 46.0 Å². The molecule has 0 saturated carbocycles. The largest absolute Gasteiger partial charge is 0.394 e. The molecule has 10 nitrogen and oxygen atoms in total. The van der Waals surface area contributed by atoms with Crippen molar-refractivity contribution in [1.29, 1.82) is 0 Å². The lowest BCUT2D eigenvalue weighted by atomic mass is 9.95. The molecule has 0 aliphatic carbocycles. The third-order valence-corrected chi connectivity index (χ3v) is 6.86. The minimum Gasteiger partial charge on any atom is -0.394 e. The van der Waals surface area contributed by atoms with Crippen LogP contribution in [-0.2, 0) is 0 Å². The maximum absolute atomic E-state index is 9.99. The summed E-state index contributed by atoms with van der Waals surface area (Å²) in [4.78, 5) is 27.2. The first-order chi connectivity index (χ1) is 16.8. The number of nitrogens with two attached hydrogens (primary N) is 1. The zero-order valence-electron chi connectivity index (χ0n) is 21.2. The molecule has 4 N–H and O–H groups in total. The Balaban J connectivity index is 1.55. The van der Waals surface area contributed by atoms with E-state index in [1.54, 1.807) is 6.20 Å². The molecular weight excluding hydrogens is 442 g/mol. The van der Waals surface area contributed by atoms with Crippen LogP contribution >= 0.6 is 0 Å². The first kappa shape index (κ1) is 25.0. The van der Waals surface area contributed by atoms with Crippen LogP contribution in [0.25, 0.3) is 22.2 Å². The van der Waals surface area contributed by atoms with Gasteiger partial charge < -0.3 is 26.0 Å². The third kappa shape index (κ3) is 5.76. The van der Waals surface area contributed by atoms with Gasteiger partial charge in [0.1, 0.15) is 5.82 Å². The predicted octanol–water partition coefficient (Wildman–Crippen LogP) is 2.95. The fraction of sp³-hybridized carbons (Fsp3) is 0.560. The van der Waals surface area contributed by atoms with Crippen molar-refractivity contribution < 1.29 is 5.11 Å². The van der Waals surface area contributed by atoms with Crippen LogP contribution in [0.2, 0.25) is 0 Å². The smallest absolute Gasteiger partial charge is 0.225 e. The average Bonchev–Trinajstić information content (AvgIpc) is 2.87. The predicted molar refractivity (Wildman–Crippen MR) is 140 cm³/mol. The second kappa shape index (κ2) is 10.7. The lowest BCUT2D eigenvalue weighted by Gasteiger charge is -2.35. The van der Waals surface area contributed by atoms with Gasteiger partial charge in [-0.2, -0.15) is 4.98 Å². The van der Waals surface area contributed by atoms with Crippen molar-refractivity contribution in [2.45, 2.75) is 57.5 Å². The fourth-order valence-corrected chi connectivity index (χ4v) is 4.53. The minimum atomic E-state index is -0.507. The monoisotopic (exact) mass is 479 g/mol. The number of nitrogens with one attached hydrogen (secondary N) is 1. The number of aliphatic hydroxyl groups excluding tert-OH is 1. The maximum Gasteiger partial charge on any atom is 0.225 e. The number of fused-ring (bicyclic) bond motifs is 1. The van der Waals surface area contributed by atoms with E-state index in [2.05, 4.69) is 61.1 Å². The second-order valence-corrected chi connectivity index (χ2v) is 9.92. The number of piperidine rings is 1. The van der Waals surface area contributed by atoms with Crippen molar-refractivity contribution >= 4 is 28.6 Å². The summed E-state index contributed by atoms with van der Waals surface area (Å²) in [5.74, 6) is 1.49. The van der Waals surface area contributed by atoms with Crippen molar-refractivity contribution in [3.8, 4) is 11.3 Å². The summed E-state index contributed by atoms with van der Waals surface area (Å²) in [5, 5.41) is 14.1. The van der Waals surface area contributed by atoms with E-state index in [1.807, 2.05) is 25.4 Å². The molecule has 1 fully saturated rings. The molecule has 0 amide bonds. The van der Waals surface area contributed by atoms with Gasteiger partial charge in [0.25, 0.3) is 0 Å². The van der Waals surface area contributed by atoms with E-state index < -0.39 is 5.54 Å². The van der Waals surface area contributed by atoms with Gasteiger partial charge in [-0.25, -0.2) is 15.0 Å². The van der Waals surface area contributed by atoms with E-state index in [1.165, 1.54) is 0 Å². The van der Waals surface area contributed by atoms with Gasteiger partial charge >= 0.3 is 0 Å². The number of unbranched alkanes of at least 4 members (excludes halogenated alkanes) is 1. The number of hydrogen-bond acceptors (Lipinski definition) is 10. The lowest BCUT2D eigenvalue weighted by molar-refractivity contribution is 0.212. The quantitative estimate of drug-likeness (QED) is 0.421. The molecule has 35 heavy (non-hydrogen) atoms. The zero-order valence-corrected chi connectivity index (χ0v) is 21.2. The van der Waals surface area contributed by atoms with Gasteiger partial charge in [-0.15, -0.1) is 0 Å². The molecule has 1 aliphatic rings. The van der Waals surface area contributed by atoms with Gasteiger partial charge in [0.05, 0.1) is 28.7 Å². The standard InChI is InChI=1S/C25H37N9O/c1-5-6-9-25(2,16-35)32-22-19-15-27-20(12-21(19)30-23(26)31-22)17-13-28-24(29-14-17)34-10-7-18(8-11-34)33(3)4/h12-15,18,35H,5-11,16H2,1-4H3,(H3,26,30,31,32)/t25-/m1/s1. The Morgan fingerprint density at radius 2 is 1.86 bits per heavy atom. The van der Waals surface area contributed by atoms with Gasteiger partial charge in [-0.3, -0.25) is 4.98 Å². The summed E-state index contributed by atoms with van der Waals surface area (Å²) in [7, 11) is 4.27. The number of pyridine rings is 1. The van der Waals surface area contributed by atoms with E-state index in [-0.39, 0.29) is 12.6 Å². The van der Waals surface area contributed by atoms with Crippen LogP contribution in [0.15, 0.2) is 24.7 Å². The Morgan fingerprint density at radius 1 is 1.14 bits per heavy atom. The summed E-state index contributed by atoms with van der Waals surface area (Å²) >= 11 is 0. The molecule has 1 atom stereocenters. The highest BCUT2D eigenvalue weighted by Gasteiger charge is 2.25. The highest BCUT2D eigenvalue weighted by atomic mass is 16.3. The summed E-state index contributed by atoms with van der Waals surface area (Å²) in [6.07, 6.45) is 10.4. The number of hydrogen-bond donors (Lipinski definition) is 3. The summed E-state index contributed by atoms with van der Waals surface area (Å²) in [6, 6.07) is 2.49. The number of nitrogen functional groups attached to an aromatic ring is 1. The van der Waals surface area contributed by atoms with Crippen LogP contribution in [0.3, 0.4) is 0 Å². The number of nitrogens with zero attached hydrogens (tertiary/aromatic N) is 7. The van der Waals surface area contributed by atoms with E-state index in [0.717, 1.165) is 67.8 Å². The van der Waals surface area contributed by atoms with Gasteiger partial charge in [0.15, 0.2) is 0 Å². The van der Waals surface area contributed by atoms with E-state index in [9.17, 15) is 5.11 Å². The molecule has 3 aromatic heterocycles. The van der Waals surface area contributed by atoms with Gasteiger partial charge in [0.2, 0.25) is 11.9 Å². The van der Waals surface area contributed by atoms with Crippen LogP contribution in [-0.4, -0.2) is 80.3 Å². The normalized spacial score (nSPS) is 16.6. The molecule has 0 radical (unpaired) electrons. The Kier molecular flexibility index (Phi) is 7.61. The molecule has 1 saturated heterocycles. The molecule has 0 unspecified atom stereocenters. The summed E-state index contributed by atoms with van der Waals surface area (Å²) in [5.41, 5.74) is 7.73. The summed E-state index contributed by atoms with van der Waals surface area (Å²) < 4.78 is 0. The van der Waals surface area contributed by atoms with Gasteiger partial charge in [-0.1, -0.05) is 19.8 Å². The molecule has 0 aromatic carbocycles. The maximum atomic E-state index is 9.99. The lowest BCUT2D eigenvalue weighted by Crippen LogP contribution is -2.42. The molecular formula is C25H37N9O. The number of anilines is 3. The van der Waals surface area contributed by atoms with Gasteiger partial charge in [0, 0.05) is 43.3 Å². The van der Waals surface area contributed by atoms with E-state index in [4.69, 9.17) is 5.73 Å². The summed E-state index contributed by atoms with van der Waals surface area (Å²) in [6.45, 7) is 6.00. The number of aromatic nitrogens is 5. The third-order valence-electron chi connectivity index (χ3n) is 6.86. The Bertz CT molecular complexity index is 1130. The van der Waals surface area contributed by atoms with Crippen LogP contribution in [0.5, 0.6) is 0 Å². The molecule has 1 aliphatic heterocycles. The average molecular weight is 480 g/mol. The Morgan fingerprint density at radius 3 is 2.49 bits per heavy atom. The number of rotatable bonds is 9. The van der Waals surface area contributed by atoms with Gasteiger partial charge in [-0.05, 0) is 46.3 Å². The molecule has 10 heteroatoms. The van der Waals surface area contributed by atoms with E-state index in [0.29, 0.717) is 17.4 Å². The molecule has 4 heterocycles. The second-order valence-electron chi connectivity index (χ2n) is 9.92. The Hall–Kier alpha value is -3.11. The van der Waals surface area contributed by atoms with Crippen LogP contribution in [0.4, 0.5) is 17.7 Å². The molecule has 0 spiro atoms. The minimum absolute atomic E-state index is 0.0135. The highest BCUT2D eigenvalue weighted by molar-refractivity contribution is 5.91.